The van der Waals surface area contributed by atoms with Gasteiger partial charge < -0.3 is 10.1 Å². The van der Waals surface area contributed by atoms with Gasteiger partial charge in [0.15, 0.2) is 6.61 Å². The van der Waals surface area contributed by atoms with Gasteiger partial charge in [0.1, 0.15) is 11.4 Å². The van der Waals surface area contributed by atoms with E-state index in [-0.39, 0.29) is 11.3 Å². The molecule has 0 radical (unpaired) electrons. The molecule has 2 aromatic heterocycles. The number of rotatable bonds is 7. The molecule has 1 N–H and O–H groups in total. The largest absolute Gasteiger partial charge is 0.484 e. The highest BCUT2D eigenvalue weighted by Crippen LogP contribution is 2.32. The Morgan fingerprint density at radius 1 is 1.09 bits per heavy atom. The number of alkyl halides is 3. The number of anilines is 1. The van der Waals surface area contributed by atoms with Gasteiger partial charge >= 0.3 is 6.18 Å². The molecule has 6 nitrogen and oxygen atoms in total. The number of carbonyl (C=O) groups is 1. The number of halogens is 3. The lowest BCUT2D eigenvalue weighted by atomic mass is 10.2. The van der Waals surface area contributed by atoms with E-state index in [1.54, 1.807) is 24.4 Å². The number of para-hydroxylation sites is 1. The predicted octanol–water partition coefficient (Wildman–Crippen LogP) is 5.33. The van der Waals surface area contributed by atoms with Crippen molar-refractivity contribution in [3.05, 3.63) is 100 Å². The van der Waals surface area contributed by atoms with E-state index < -0.39 is 24.3 Å². The van der Waals surface area contributed by atoms with Crippen LogP contribution in [0.15, 0.2) is 82.6 Å². The van der Waals surface area contributed by atoms with Crippen LogP contribution in [-0.4, -0.2) is 21.9 Å². The Bertz CT molecular complexity index is 1440. The van der Waals surface area contributed by atoms with E-state index in [1.807, 2.05) is 25.1 Å². The lowest BCUT2D eigenvalue weighted by molar-refractivity contribution is -0.137. The summed E-state index contributed by atoms with van der Waals surface area (Å²) in [5, 5.41) is 2.72. The van der Waals surface area contributed by atoms with Gasteiger partial charge in [-0.05, 0) is 48.9 Å². The molecular formula is C25H20F3N3O3S. The molecule has 0 atom stereocenters. The number of carbonyl (C=O) groups excluding carboxylic acids is 1. The van der Waals surface area contributed by atoms with Crippen molar-refractivity contribution < 1.29 is 22.7 Å². The van der Waals surface area contributed by atoms with E-state index in [9.17, 15) is 22.8 Å². The fraction of sp³-hybridized carbons (Fsp3) is 0.160. The number of ether oxygens (including phenoxy) is 1. The van der Waals surface area contributed by atoms with E-state index in [0.29, 0.717) is 22.8 Å². The number of benzene rings is 2. The Labute approximate surface area is 202 Å². The van der Waals surface area contributed by atoms with Gasteiger partial charge in [-0.3, -0.25) is 14.0 Å². The van der Waals surface area contributed by atoms with Gasteiger partial charge in [0.2, 0.25) is 0 Å². The minimum Gasteiger partial charge on any atom is -0.484 e. The molecule has 0 saturated carbocycles. The maximum absolute atomic E-state index is 12.8. The van der Waals surface area contributed by atoms with Crippen LogP contribution < -0.4 is 15.6 Å². The first-order valence-electron chi connectivity index (χ1n) is 10.5. The van der Waals surface area contributed by atoms with E-state index in [4.69, 9.17) is 4.74 Å². The van der Waals surface area contributed by atoms with Crippen molar-refractivity contribution in [2.75, 3.05) is 11.9 Å². The molecule has 0 spiro atoms. The second-order valence-electron chi connectivity index (χ2n) is 7.67. The summed E-state index contributed by atoms with van der Waals surface area (Å²) in [4.78, 5) is 30.1. The lowest BCUT2D eigenvalue weighted by Crippen LogP contribution is -2.20. The standard InChI is InChI=1S/C25H20F3N3O3S/c1-16-9-10-22-29-18(12-24(33)31(22)13-16)15-35-21-8-3-2-7-20(21)30-23(32)14-34-19-6-4-5-17(11-19)25(26,27)28/h2-13H,14-15H2,1H3,(H,30,32). The number of hydrogen-bond donors (Lipinski definition) is 1. The SMILES string of the molecule is Cc1ccc2nc(CSc3ccccc3NC(=O)COc3cccc(C(F)(F)F)c3)cc(=O)n2c1. The van der Waals surface area contributed by atoms with Crippen LogP contribution in [0.1, 0.15) is 16.8 Å². The highest BCUT2D eigenvalue weighted by Gasteiger charge is 2.30. The van der Waals surface area contributed by atoms with Crippen molar-refractivity contribution in [3.8, 4) is 5.75 Å². The van der Waals surface area contributed by atoms with Crippen LogP contribution in [0, 0.1) is 6.92 Å². The molecule has 0 fully saturated rings. The second-order valence-corrected chi connectivity index (χ2v) is 8.68. The molecule has 2 aromatic carbocycles. The Morgan fingerprint density at radius 3 is 2.69 bits per heavy atom. The maximum Gasteiger partial charge on any atom is 0.416 e. The summed E-state index contributed by atoms with van der Waals surface area (Å²) in [6.45, 7) is 1.44. The van der Waals surface area contributed by atoms with Crippen LogP contribution in [0.2, 0.25) is 0 Å². The number of aryl methyl sites for hydroxylation is 1. The summed E-state index contributed by atoms with van der Waals surface area (Å²) in [7, 11) is 0. The Morgan fingerprint density at radius 2 is 1.89 bits per heavy atom. The predicted molar refractivity (Wildman–Crippen MR) is 128 cm³/mol. The summed E-state index contributed by atoms with van der Waals surface area (Å²) in [6, 6.07) is 16.6. The summed E-state index contributed by atoms with van der Waals surface area (Å²) >= 11 is 1.39. The number of hydrogen-bond acceptors (Lipinski definition) is 5. The van der Waals surface area contributed by atoms with Crippen molar-refractivity contribution in [2.45, 2.75) is 23.7 Å². The first kappa shape index (κ1) is 24.3. The molecule has 0 aliphatic heterocycles. The third-order valence-electron chi connectivity index (χ3n) is 4.93. The highest BCUT2D eigenvalue weighted by atomic mass is 32.2. The van der Waals surface area contributed by atoms with Crippen molar-refractivity contribution in [3.63, 3.8) is 0 Å². The summed E-state index contributed by atoms with van der Waals surface area (Å²) in [5.74, 6) is -0.179. The number of pyridine rings is 1. The van der Waals surface area contributed by atoms with Gasteiger partial charge in [-0.2, -0.15) is 13.2 Å². The molecule has 4 aromatic rings. The monoisotopic (exact) mass is 499 g/mol. The number of nitrogens with zero attached hydrogens (tertiary/aromatic N) is 2. The quantitative estimate of drug-likeness (QED) is 0.348. The Kier molecular flexibility index (Phi) is 7.11. The van der Waals surface area contributed by atoms with E-state index >= 15 is 0 Å². The zero-order valence-electron chi connectivity index (χ0n) is 18.5. The number of amides is 1. The smallest absolute Gasteiger partial charge is 0.416 e. The highest BCUT2D eigenvalue weighted by molar-refractivity contribution is 7.98. The molecule has 10 heteroatoms. The molecule has 180 valence electrons. The van der Waals surface area contributed by atoms with Crippen molar-refractivity contribution >= 4 is 29.0 Å². The van der Waals surface area contributed by atoms with E-state index in [0.717, 1.165) is 22.6 Å². The molecule has 0 aliphatic rings. The number of thioether (sulfide) groups is 1. The number of nitrogens with one attached hydrogen (secondary N) is 1. The van der Waals surface area contributed by atoms with Gasteiger partial charge in [0.25, 0.3) is 11.5 Å². The summed E-state index contributed by atoms with van der Waals surface area (Å²) in [5.41, 5.74) is 1.58. The Balaban J connectivity index is 1.40. The lowest BCUT2D eigenvalue weighted by Gasteiger charge is -2.12. The normalized spacial score (nSPS) is 11.4. The van der Waals surface area contributed by atoms with Gasteiger partial charge in [-0.1, -0.05) is 24.3 Å². The molecule has 0 bridgehead atoms. The average molecular weight is 500 g/mol. The molecule has 2 heterocycles. The van der Waals surface area contributed by atoms with E-state index in [2.05, 4.69) is 10.3 Å². The fourth-order valence-corrected chi connectivity index (χ4v) is 4.18. The molecule has 0 aliphatic carbocycles. The van der Waals surface area contributed by atoms with E-state index in [1.165, 1.54) is 34.4 Å². The van der Waals surface area contributed by atoms with Crippen molar-refractivity contribution in [2.24, 2.45) is 0 Å². The molecule has 0 saturated heterocycles. The molecule has 1 amide bonds. The average Bonchev–Trinajstić information content (AvgIpc) is 2.82. The zero-order valence-corrected chi connectivity index (χ0v) is 19.3. The van der Waals surface area contributed by atoms with Crippen LogP contribution >= 0.6 is 11.8 Å². The summed E-state index contributed by atoms with van der Waals surface area (Å²) in [6.07, 6.45) is -2.77. The first-order valence-corrected chi connectivity index (χ1v) is 11.5. The van der Waals surface area contributed by atoms with Gasteiger partial charge in [-0.15, -0.1) is 11.8 Å². The van der Waals surface area contributed by atoms with Crippen molar-refractivity contribution in [1.82, 2.24) is 9.38 Å². The minimum absolute atomic E-state index is 0.0542. The van der Waals surface area contributed by atoms with Crippen molar-refractivity contribution in [1.29, 1.82) is 0 Å². The van der Waals surface area contributed by atoms with Gasteiger partial charge in [0, 0.05) is 22.9 Å². The fourth-order valence-electron chi connectivity index (χ4n) is 3.28. The van der Waals surface area contributed by atoms with Crippen LogP contribution in [0.25, 0.3) is 5.65 Å². The third-order valence-corrected chi connectivity index (χ3v) is 6.04. The second kappa shape index (κ2) is 10.2. The Hall–Kier alpha value is -3.79. The van der Waals surface area contributed by atoms with Crippen LogP contribution in [0.3, 0.4) is 0 Å². The molecular weight excluding hydrogens is 479 g/mol. The number of fused-ring (bicyclic) bond motifs is 1. The zero-order chi connectivity index (χ0) is 25.0. The minimum atomic E-state index is -4.50. The van der Waals surface area contributed by atoms with Crippen LogP contribution in [0.5, 0.6) is 5.75 Å². The molecule has 35 heavy (non-hydrogen) atoms. The summed E-state index contributed by atoms with van der Waals surface area (Å²) < 4.78 is 45.3. The topological polar surface area (TPSA) is 72.7 Å². The van der Waals surface area contributed by atoms with Crippen LogP contribution in [-0.2, 0) is 16.7 Å². The van der Waals surface area contributed by atoms with Gasteiger partial charge in [0.05, 0.1) is 16.9 Å². The third kappa shape index (κ3) is 6.21. The number of aromatic nitrogens is 2. The van der Waals surface area contributed by atoms with Gasteiger partial charge in [-0.25, -0.2) is 4.98 Å². The molecule has 0 unspecified atom stereocenters. The maximum atomic E-state index is 12.8. The molecule has 4 rings (SSSR count). The first-order chi connectivity index (χ1) is 16.7. The van der Waals surface area contributed by atoms with Crippen LogP contribution in [0.4, 0.5) is 18.9 Å².